The van der Waals surface area contributed by atoms with Crippen molar-refractivity contribution in [1.29, 1.82) is 0 Å². The van der Waals surface area contributed by atoms with Crippen molar-refractivity contribution < 1.29 is 27.1 Å². The number of nitrogens with one attached hydrogen (secondary N) is 1. The lowest BCUT2D eigenvalue weighted by molar-refractivity contribution is -0.117. The molecule has 0 saturated carbocycles. The second kappa shape index (κ2) is 10.9. The molecule has 1 unspecified atom stereocenters. The van der Waals surface area contributed by atoms with Crippen molar-refractivity contribution in [3.8, 4) is 0 Å². The predicted molar refractivity (Wildman–Crippen MR) is 118 cm³/mol. The molecule has 2 aromatic rings. The number of sulfonamides is 1. The Morgan fingerprint density at radius 2 is 1.68 bits per heavy atom. The number of hydrogen-bond acceptors (Lipinski definition) is 5. The molecule has 2 aromatic carbocycles. The van der Waals surface area contributed by atoms with E-state index >= 15 is 0 Å². The second-order valence-electron chi connectivity index (χ2n) is 7.02. The number of nitrogens with zero attached hydrogens (tertiary/aromatic N) is 1. The molecule has 7 nitrogen and oxygen atoms in total. The lowest BCUT2D eigenvalue weighted by Crippen LogP contribution is -2.47. The lowest BCUT2D eigenvalue weighted by atomic mass is 10.1. The third-order valence-electron chi connectivity index (χ3n) is 4.53. The number of halogens is 1. The van der Waals surface area contributed by atoms with Gasteiger partial charge in [-0.15, -0.1) is 0 Å². The first-order valence-corrected chi connectivity index (χ1v) is 11.8. The summed E-state index contributed by atoms with van der Waals surface area (Å²) in [6.07, 6.45) is 2.88. The van der Waals surface area contributed by atoms with Crippen molar-refractivity contribution in [2.24, 2.45) is 0 Å². The number of anilines is 2. The molecule has 0 heterocycles. The summed E-state index contributed by atoms with van der Waals surface area (Å²) in [5.74, 6) is -1.50. The zero-order valence-electron chi connectivity index (χ0n) is 17.8. The fourth-order valence-corrected chi connectivity index (χ4v) is 4.17. The van der Waals surface area contributed by atoms with Crippen LogP contribution in [-0.2, 0) is 19.6 Å². The van der Waals surface area contributed by atoms with Gasteiger partial charge in [-0.2, -0.15) is 0 Å². The summed E-state index contributed by atoms with van der Waals surface area (Å²) in [5, 5.41) is 2.67. The van der Waals surface area contributed by atoms with Crippen molar-refractivity contribution in [2.75, 3.05) is 22.5 Å². The Labute approximate surface area is 182 Å². The molecule has 2 rings (SSSR count). The van der Waals surface area contributed by atoms with Gasteiger partial charge in [0.1, 0.15) is 11.9 Å². The Hall–Kier alpha value is -2.94. The van der Waals surface area contributed by atoms with Crippen LogP contribution in [0.15, 0.2) is 48.5 Å². The molecule has 1 atom stereocenters. The lowest BCUT2D eigenvalue weighted by Gasteiger charge is -2.30. The molecule has 0 spiro atoms. The third kappa shape index (κ3) is 6.78. The number of carbonyl (C=O) groups is 2. The zero-order valence-corrected chi connectivity index (χ0v) is 18.6. The highest BCUT2D eigenvalue weighted by Crippen LogP contribution is 2.24. The van der Waals surface area contributed by atoms with E-state index in [4.69, 9.17) is 4.74 Å². The molecule has 0 aliphatic carbocycles. The van der Waals surface area contributed by atoms with Crippen LogP contribution in [0.4, 0.5) is 15.8 Å². The summed E-state index contributed by atoms with van der Waals surface area (Å²) in [6.45, 7) is 4.02. The van der Waals surface area contributed by atoms with Crippen molar-refractivity contribution in [3.63, 3.8) is 0 Å². The van der Waals surface area contributed by atoms with Crippen LogP contribution in [-0.4, -0.2) is 39.2 Å². The maximum Gasteiger partial charge on any atom is 0.338 e. The van der Waals surface area contributed by atoms with Gasteiger partial charge in [-0.25, -0.2) is 17.6 Å². The van der Waals surface area contributed by atoms with Crippen molar-refractivity contribution in [1.82, 2.24) is 0 Å². The maximum atomic E-state index is 13.3. The average Bonchev–Trinajstić information content (AvgIpc) is 2.72. The average molecular weight is 451 g/mol. The van der Waals surface area contributed by atoms with Gasteiger partial charge < -0.3 is 10.1 Å². The largest absolute Gasteiger partial charge is 0.462 e. The molecule has 0 fully saturated rings. The van der Waals surface area contributed by atoms with Gasteiger partial charge in [0.2, 0.25) is 15.9 Å². The van der Waals surface area contributed by atoms with Crippen LogP contribution < -0.4 is 9.62 Å². The van der Waals surface area contributed by atoms with Gasteiger partial charge in [-0.1, -0.05) is 20.3 Å². The number of benzene rings is 2. The smallest absolute Gasteiger partial charge is 0.338 e. The fraction of sp³-hybridized carbons (Fsp3) is 0.364. The molecule has 0 bridgehead atoms. The second-order valence-corrected chi connectivity index (χ2v) is 8.87. The SMILES string of the molecule is CCCCOC(=O)c1ccc(NC(=O)C(CC)N(c2ccc(F)cc2)S(C)(=O)=O)cc1. The number of amides is 1. The third-order valence-corrected chi connectivity index (χ3v) is 5.71. The molecule has 168 valence electrons. The van der Waals surface area contributed by atoms with Crippen LogP contribution in [0.25, 0.3) is 0 Å². The van der Waals surface area contributed by atoms with Crippen molar-refractivity contribution in [3.05, 3.63) is 59.9 Å². The minimum Gasteiger partial charge on any atom is -0.462 e. The van der Waals surface area contributed by atoms with Gasteiger partial charge in [0.15, 0.2) is 0 Å². The topological polar surface area (TPSA) is 92.8 Å². The number of unbranched alkanes of at least 4 members (excludes halogenated alkanes) is 1. The number of rotatable bonds is 10. The Kier molecular flexibility index (Phi) is 8.56. The van der Waals surface area contributed by atoms with E-state index in [0.29, 0.717) is 17.9 Å². The number of hydrogen-bond donors (Lipinski definition) is 1. The highest BCUT2D eigenvalue weighted by molar-refractivity contribution is 7.92. The monoisotopic (exact) mass is 450 g/mol. The first kappa shape index (κ1) is 24.3. The summed E-state index contributed by atoms with van der Waals surface area (Å²) >= 11 is 0. The summed E-state index contributed by atoms with van der Waals surface area (Å²) in [6, 6.07) is 9.99. The van der Waals surface area contributed by atoms with Gasteiger partial charge in [0, 0.05) is 5.69 Å². The van der Waals surface area contributed by atoms with Crippen molar-refractivity contribution >= 4 is 33.3 Å². The number of ether oxygens (including phenoxy) is 1. The van der Waals surface area contributed by atoms with E-state index in [-0.39, 0.29) is 12.1 Å². The number of carbonyl (C=O) groups excluding carboxylic acids is 2. The van der Waals surface area contributed by atoms with E-state index in [1.807, 2.05) is 6.92 Å². The van der Waals surface area contributed by atoms with Crippen LogP contribution in [0.1, 0.15) is 43.5 Å². The predicted octanol–water partition coefficient (Wildman–Crippen LogP) is 3.97. The van der Waals surface area contributed by atoms with E-state index in [1.165, 1.54) is 24.3 Å². The molecule has 0 radical (unpaired) electrons. The normalized spacial score (nSPS) is 12.1. The minimum atomic E-state index is -3.82. The zero-order chi connectivity index (χ0) is 23.0. The fourth-order valence-electron chi connectivity index (χ4n) is 2.96. The van der Waals surface area contributed by atoms with E-state index < -0.39 is 33.8 Å². The van der Waals surface area contributed by atoms with Crippen LogP contribution in [0.2, 0.25) is 0 Å². The number of esters is 1. The quantitative estimate of drug-likeness (QED) is 0.437. The summed E-state index contributed by atoms with van der Waals surface area (Å²) in [5.41, 5.74) is 0.947. The molecule has 9 heteroatoms. The van der Waals surface area contributed by atoms with Crippen LogP contribution >= 0.6 is 0 Å². The maximum absolute atomic E-state index is 13.3. The van der Waals surface area contributed by atoms with E-state index in [0.717, 1.165) is 35.5 Å². The molecule has 0 saturated heterocycles. The highest BCUT2D eigenvalue weighted by atomic mass is 32.2. The van der Waals surface area contributed by atoms with Crippen LogP contribution in [0.5, 0.6) is 0 Å². The van der Waals surface area contributed by atoms with E-state index in [1.54, 1.807) is 19.1 Å². The first-order chi connectivity index (χ1) is 14.7. The Morgan fingerprint density at radius 3 is 2.19 bits per heavy atom. The van der Waals surface area contributed by atoms with Gasteiger partial charge >= 0.3 is 5.97 Å². The van der Waals surface area contributed by atoms with Gasteiger partial charge in [0.25, 0.3) is 0 Å². The standard InChI is InChI=1S/C22H27FN2O5S/c1-4-6-15-30-22(27)16-7-11-18(12-8-16)24-21(26)20(5-2)25(31(3,28)29)19-13-9-17(23)10-14-19/h7-14,20H,4-6,15H2,1-3H3,(H,24,26). The van der Waals surface area contributed by atoms with E-state index in [2.05, 4.69) is 5.32 Å². The molecule has 0 aliphatic heterocycles. The summed E-state index contributed by atoms with van der Waals surface area (Å²) < 4.78 is 44.2. The van der Waals surface area contributed by atoms with E-state index in [9.17, 15) is 22.4 Å². The molecular formula is C22H27FN2O5S. The van der Waals surface area contributed by atoms with Crippen LogP contribution in [0, 0.1) is 5.82 Å². The van der Waals surface area contributed by atoms with Crippen molar-refractivity contribution in [2.45, 2.75) is 39.2 Å². The highest BCUT2D eigenvalue weighted by Gasteiger charge is 2.31. The van der Waals surface area contributed by atoms with Gasteiger partial charge in [0.05, 0.1) is 24.1 Å². The molecule has 0 aromatic heterocycles. The van der Waals surface area contributed by atoms with Gasteiger partial charge in [-0.05, 0) is 61.4 Å². The minimum absolute atomic E-state index is 0.191. The Morgan fingerprint density at radius 1 is 1.06 bits per heavy atom. The molecule has 0 aliphatic rings. The molecule has 31 heavy (non-hydrogen) atoms. The van der Waals surface area contributed by atoms with Gasteiger partial charge in [-0.3, -0.25) is 9.10 Å². The Bertz CT molecular complexity index is 992. The molecule has 1 N–H and O–H groups in total. The Balaban J connectivity index is 2.17. The molecular weight excluding hydrogens is 423 g/mol. The first-order valence-electron chi connectivity index (χ1n) is 10.00. The molecule has 1 amide bonds. The summed E-state index contributed by atoms with van der Waals surface area (Å²) in [4.78, 5) is 24.9. The summed E-state index contributed by atoms with van der Waals surface area (Å²) in [7, 11) is -3.82. The van der Waals surface area contributed by atoms with Crippen LogP contribution in [0.3, 0.4) is 0 Å².